The SMILES string of the molecule is C=C(C)c1ccccc1.Cn1c(NCCO)nc2ncn(Cc3nc(C4CC4)no3)c(=O)c21. The predicted octanol–water partition coefficient (Wildman–Crippen LogP) is 2.56. The normalized spacial score (nSPS) is 12.9. The van der Waals surface area contributed by atoms with E-state index in [1.165, 1.54) is 16.5 Å². The summed E-state index contributed by atoms with van der Waals surface area (Å²) >= 11 is 0. The van der Waals surface area contributed by atoms with E-state index >= 15 is 0 Å². The third-order valence-corrected chi connectivity index (χ3v) is 5.25. The fraction of sp³-hybridized carbons (Fsp3) is 0.348. The third kappa shape index (κ3) is 5.17. The van der Waals surface area contributed by atoms with Gasteiger partial charge in [0, 0.05) is 19.5 Å². The molecule has 33 heavy (non-hydrogen) atoms. The van der Waals surface area contributed by atoms with Crippen LogP contribution in [0.25, 0.3) is 16.7 Å². The van der Waals surface area contributed by atoms with Gasteiger partial charge in [-0.05, 0) is 25.3 Å². The van der Waals surface area contributed by atoms with Crippen LogP contribution >= 0.6 is 0 Å². The average molecular weight is 450 g/mol. The minimum absolute atomic E-state index is 0.0264. The fourth-order valence-corrected chi connectivity index (χ4v) is 3.27. The number of aromatic nitrogens is 6. The van der Waals surface area contributed by atoms with Crippen molar-refractivity contribution in [2.75, 3.05) is 18.5 Å². The number of hydrogen-bond donors (Lipinski definition) is 2. The smallest absolute Gasteiger partial charge is 0.280 e. The van der Waals surface area contributed by atoms with Crippen LogP contribution in [0.4, 0.5) is 5.95 Å². The van der Waals surface area contributed by atoms with Crippen LogP contribution in [-0.4, -0.2) is 47.5 Å². The predicted molar refractivity (Wildman–Crippen MR) is 125 cm³/mol. The van der Waals surface area contributed by atoms with Crippen LogP contribution in [0.15, 0.2) is 52.6 Å². The van der Waals surface area contributed by atoms with Gasteiger partial charge in [0.2, 0.25) is 11.8 Å². The Labute approximate surface area is 190 Å². The molecule has 0 amide bonds. The number of nitrogens with one attached hydrogen (secondary N) is 1. The molecule has 5 rings (SSSR count). The molecule has 1 saturated carbocycles. The molecular weight excluding hydrogens is 422 g/mol. The monoisotopic (exact) mass is 449 g/mol. The van der Waals surface area contributed by atoms with E-state index in [-0.39, 0.29) is 18.7 Å². The first-order valence-corrected chi connectivity index (χ1v) is 10.8. The maximum atomic E-state index is 12.7. The summed E-state index contributed by atoms with van der Waals surface area (Å²) in [5, 5.41) is 15.8. The molecule has 0 radical (unpaired) electrons. The van der Waals surface area contributed by atoms with Crippen molar-refractivity contribution in [3.8, 4) is 0 Å². The maximum Gasteiger partial charge on any atom is 0.280 e. The van der Waals surface area contributed by atoms with Crippen LogP contribution in [0.2, 0.25) is 0 Å². The second kappa shape index (κ2) is 9.78. The molecule has 2 N–H and O–H groups in total. The van der Waals surface area contributed by atoms with E-state index in [4.69, 9.17) is 9.63 Å². The highest BCUT2D eigenvalue weighted by molar-refractivity contribution is 5.73. The lowest BCUT2D eigenvalue weighted by Crippen LogP contribution is -2.23. The summed E-state index contributed by atoms with van der Waals surface area (Å²) in [4.78, 5) is 25.5. The van der Waals surface area contributed by atoms with Crippen molar-refractivity contribution in [3.63, 3.8) is 0 Å². The second-order valence-electron chi connectivity index (χ2n) is 7.96. The molecule has 0 atom stereocenters. The van der Waals surface area contributed by atoms with E-state index in [1.54, 1.807) is 11.6 Å². The van der Waals surface area contributed by atoms with Gasteiger partial charge in [-0.25, -0.2) is 4.98 Å². The van der Waals surface area contributed by atoms with E-state index in [0.29, 0.717) is 41.3 Å². The number of aliphatic hydroxyl groups excluding tert-OH is 1. The summed E-state index contributed by atoms with van der Waals surface area (Å²) in [7, 11) is 1.72. The molecule has 3 heterocycles. The summed E-state index contributed by atoms with van der Waals surface area (Å²) < 4.78 is 8.26. The molecule has 0 spiro atoms. The molecule has 1 fully saturated rings. The van der Waals surface area contributed by atoms with Crippen LogP contribution in [0.1, 0.15) is 43.0 Å². The van der Waals surface area contributed by atoms with Gasteiger partial charge in [0.1, 0.15) is 12.9 Å². The molecule has 1 aliphatic carbocycles. The lowest BCUT2D eigenvalue weighted by atomic mass is 10.1. The van der Waals surface area contributed by atoms with Gasteiger partial charge in [-0.1, -0.05) is 47.6 Å². The molecule has 4 aromatic rings. The van der Waals surface area contributed by atoms with Crippen molar-refractivity contribution in [2.24, 2.45) is 7.05 Å². The van der Waals surface area contributed by atoms with Crippen LogP contribution in [0.5, 0.6) is 0 Å². The summed E-state index contributed by atoms with van der Waals surface area (Å²) in [5.41, 5.74) is 2.83. The Morgan fingerprint density at radius 1 is 1.27 bits per heavy atom. The van der Waals surface area contributed by atoms with Gasteiger partial charge in [-0.15, -0.1) is 0 Å². The highest BCUT2D eigenvalue weighted by atomic mass is 16.5. The second-order valence-corrected chi connectivity index (χ2v) is 7.96. The van der Waals surface area contributed by atoms with Gasteiger partial charge >= 0.3 is 0 Å². The molecule has 0 bridgehead atoms. The summed E-state index contributed by atoms with van der Waals surface area (Å²) in [6, 6.07) is 10.2. The van der Waals surface area contributed by atoms with E-state index in [9.17, 15) is 4.79 Å². The van der Waals surface area contributed by atoms with E-state index in [2.05, 4.69) is 44.1 Å². The first kappa shape index (κ1) is 22.4. The molecule has 0 unspecified atom stereocenters. The first-order valence-electron chi connectivity index (χ1n) is 10.8. The lowest BCUT2D eigenvalue weighted by Gasteiger charge is -2.04. The molecule has 1 aliphatic rings. The van der Waals surface area contributed by atoms with Crippen molar-refractivity contribution in [3.05, 3.63) is 70.9 Å². The molecular formula is C23H27N7O3. The Hall–Kier alpha value is -3.79. The molecule has 10 heteroatoms. The Morgan fingerprint density at radius 3 is 2.67 bits per heavy atom. The Kier molecular flexibility index (Phi) is 6.64. The Bertz CT molecular complexity index is 1300. The lowest BCUT2D eigenvalue weighted by molar-refractivity contribution is 0.310. The van der Waals surface area contributed by atoms with Crippen LogP contribution in [0, 0.1) is 0 Å². The van der Waals surface area contributed by atoms with E-state index in [1.807, 2.05) is 25.1 Å². The van der Waals surface area contributed by atoms with Crippen molar-refractivity contribution in [1.82, 2.24) is 29.2 Å². The van der Waals surface area contributed by atoms with Gasteiger partial charge in [-0.3, -0.25) is 9.36 Å². The minimum atomic E-state index is -0.238. The van der Waals surface area contributed by atoms with E-state index < -0.39 is 0 Å². The Balaban J connectivity index is 0.000000243. The third-order valence-electron chi connectivity index (χ3n) is 5.25. The largest absolute Gasteiger partial charge is 0.395 e. The molecule has 10 nitrogen and oxygen atoms in total. The zero-order valence-corrected chi connectivity index (χ0v) is 18.7. The van der Waals surface area contributed by atoms with Crippen molar-refractivity contribution >= 4 is 22.7 Å². The topological polar surface area (TPSA) is 124 Å². The zero-order valence-electron chi connectivity index (χ0n) is 18.7. The standard InChI is InChI=1S/C14H17N7O3.C9H10/c1-20-10-12(18-14(20)15-4-5-22)16-7-21(13(10)23)6-9-17-11(19-24-9)8-2-3-8;1-8(2)9-6-4-3-5-7-9/h7-8,22H,2-6H2,1H3,(H,15,18);3-7H,1H2,2H3. The van der Waals surface area contributed by atoms with Crippen LogP contribution in [-0.2, 0) is 13.6 Å². The average Bonchev–Trinajstić information content (AvgIpc) is 3.48. The van der Waals surface area contributed by atoms with E-state index in [0.717, 1.165) is 18.4 Å². The molecule has 0 aliphatic heterocycles. The van der Waals surface area contributed by atoms with Gasteiger partial charge in [0.05, 0.1) is 6.61 Å². The number of benzene rings is 1. The molecule has 172 valence electrons. The zero-order chi connectivity index (χ0) is 23.4. The number of anilines is 1. The van der Waals surface area contributed by atoms with Gasteiger partial charge in [-0.2, -0.15) is 9.97 Å². The van der Waals surface area contributed by atoms with Crippen LogP contribution < -0.4 is 10.9 Å². The van der Waals surface area contributed by atoms with Gasteiger partial charge in [0.25, 0.3) is 5.56 Å². The van der Waals surface area contributed by atoms with Gasteiger partial charge in [0.15, 0.2) is 17.0 Å². The molecule has 3 aromatic heterocycles. The van der Waals surface area contributed by atoms with Crippen molar-refractivity contribution in [1.29, 1.82) is 0 Å². The van der Waals surface area contributed by atoms with Crippen molar-refractivity contribution in [2.45, 2.75) is 32.2 Å². The van der Waals surface area contributed by atoms with Crippen LogP contribution in [0.3, 0.4) is 0 Å². The van der Waals surface area contributed by atoms with Crippen molar-refractivity contribution < 1.29 is 9.63 Å². The summed E-state index contributed by atoms with van der Waals surface area (Å²) in [5.74, 6) is 1.98. The number of hydrogen-bond acceptors (Lipinski definition) is 8. The number of fused-ring (bicyclic) bond motifs is 1. The first-order chi connectivity index (χ1) is 16.0. The highest BCUT2D eigenvalue weighted by Crippen LogP contribution is 2.38. The summed E-state index contributed by atoms with van der Waals surface area (Å²) in [6.07, 6.45) is 3.60. The number of rotatable bonds is 7. The number of allylic oxidation sites excluding steroid dienone is 1. The molecule has 0 saturated heterocycles. The number of nitrogens with zero attached hydrogens (tertiary/aromatic N) is 6. The van der Waals surface area contributed by atoms with Gasteiger partial charge < -0.3 is 19.5 Å². The minimum Gasteiger partial charge on any atom is -0.395 e. The highest BCUT2D eigenvalue weighted by Gasteiger charge is 2.28. The molecule has 1 aromatic carbocycles. The quantitative estimate of drug-likeness (QED) is 0.441. The Morgan fingerprint density at radius 2 is 2.03 bits per heavy atom. The number of imidazole rings is 1. The maximum absolute atomic E-state index is 12.7. The summed E-state index contributed by atoms with van der Waals surface area (Å²) in [6.45, 7) is 6.33. The number of aliphatic hydroxyl groups is 1. The fourth-order valence-electron chi connectivity index (χ4n) is 3.27. The number of aryl methyl sites for hydroxylation is 1.